The number of amides is 2. The second kappa shape index (κ2) is 8.88. The minimum atomic E-state index is -1.37. The van der Waals surface area contributed by atoms with Gasteiger partial charge in [0.15, 0.2) is 0 Å². The molecule has 2 amide bonds. The molecule has 1 aromatic carbocycles. The quantitative estimate of drug-likeness (QED) is 0.442. The van der Waals surface area contributed by atoms with E-state index in [2.05, 4.69) is 9.89 Å². The fourth-order valence-electron chi connectivity index (χ4n) is 3.42. The van der Waals surface area contributed by atoms with Crippen molar-refractivity contribution in [3.05, 3.63) is 29.8 Å². The van der Waals surface area contributed by atoms with Gasteiger partial charge in [-0.15, -0.1) is 0 Å². The van der Waals surface area contributed by atoms with Crippen molar-refractivity contribution in [1.29, 1.82) is 0 Å². The smallest absolute Gasteiger partial charge is 0.433 e. The molecule has 2 fully saturated rings. The van der Waals surface area contributed by atoms with Crippen molar-refractivity contribution >= 4 is 29.7 Å². The SMILES string of the molecule is NC(=NC(=O)O)c1ccc(N2C[C@@H](CN3CCN(CC(=O)O)CC3)OC2=O)cc1. The summed E-state index contributed by atoms with van der Waals surface area (Å²) >= 11 is 0. The molecule has 11 nitrogen and oxygen atoms in total. The van der Waals surface area contributed by atoms with Gasteiger partial charge in [-0.3, -0.25) is 19.5 Å². The number of carboxylic acids is 1. The topological polar surface area (TPSA) is 149 Å². The largest absolute Gasteiger partial charge is 0.480 e. The summed E-state index contributed by atoms with van der Waals surface area (Å²) < 4.78 is 5.46. The van der Waals surface area contributed by atoms with Gasteiger partial charge in [0.2, 0.25) is 0 Å². The molecular formula is C18H23N5O6. The number of hydrogen-bond acceptors (Lipinski definition) is 6. The molecule has 3 rings (SSSR count). The van der Waals surface area contributed by atoms with Gasteiger partial charge in [-0.25, -0.2) is 9.59 Å². The zero-order chi connectivity index (χ0) is 21.0. The summed E-state index contributed by atoms with van der Waals surface area (Å²) in [6, 6.07) is 6.51. The van der Waals surface area contributed by atoms with Crippen molar-refractivity contribution in [1.82, 2.24) is 9.80 Å². The van der Waals surface area contributed by atoms with E-state index >= 15 is 0 Å². The number of carbonyl (C=O) groups excluding carboxylic acids is 1. The molecule has 11 heteroatoms. The number of amidine groups is 1. The van der Waals surface area contributed by atoms with Crippen molar-refractivity contribution in [3.8, 4) is 0 Å². The van der Waals surface area contributed by atoms with Gasteiger partial charge in [-0.1, -0.05) is 0 Å². The first-order chi connectivity index (χ1) is 13.8. The summed E-state index contributed by atoms with van der Waals surface area (Å²) in [6.07, 6.45) is -2.10. The number of ether oxygens (including phenoxy) is 1. The Bertz CT molecular complexity index is 803. The van der Waals surface area contributed by atoms with Gasteiger partial charge in [0.25, 0.3) is 0 Å². The predicted molar refractivity (Wildman–Crippen MR) is 103 cm³/mol. The van der Waals surface area contributed by atoms with Gasteiger partial charge < -0.3 is 20.7 Å². The first kappa shape index (κ1) is 20.6. The van der Waals surface area contributed by atoms with Crippen LogP contribution in [0.4, 0.5) is 15.3 Å². The third-order valence-corrected chi connectivity index (χ3v) is 4.85. The number of hydrogen-bond donors (Lipinski definition) is 3. The molecule has 4 N–H and O–H groups in total. The Balaban J connectivity index is 1.54. The van der Waals surface area contributed by atoms with E-state index in [0.717, 1.165) is 13.1 Å². The molecule has 1 aromatic rings. The molecule has 2 saturated heterocycles. The standard InChI is InChI=1S/C18H23N5O6/c19-16(20-17(26)27)12-1-3-13(4-2-12)23-10-14(29-18(23)28)9-21-5-7-22(8-6-21)11-15(24)25/h1-4,14H,5-11H2,(H2,19,20)(H,24,25)(H,26,27)/t14-/m1/s1. The highest BCUT2D eigenvalue weighted by Crippen LogP contribution is 2.23. The van der Waals surface area contributed by atoms with Crippen LogP contribution in [0.25, 0.3) is 0 Å². The molecule has 2 aliphatic rings. The minimum Gasteiger partial charge on any atom is -0.480 e. The van der Waals surface area contributed by atoms with Crippen LogP contribution in [0, 0.1) is 0 Å². The Morgan fingerprint density at radius 1 is 1.10 bits per heavy atom. The van der Waals surface area contributed by atoms with Crippen LogP contribution in [0.5, 0.6) is 0 Å². The molecule has 0 saturated carbocycles. The molecule has 1 atom stereocenters. The fraction of sp³-hybridized carbons (Fsp3) is 0.444. The summed E-state index contributed by atoms with van der Waals surface area (Å²) in [5.74, 6) is -0.950. The zero-order valence-corrected chi connectivity index (χ0v) is 15.7. The maximum Gasteiger partial charge on any atom is 0.433 e. The zero-order valence-electron chi connectivity index (χ0n) is 15.7. The van der Waals surface area contributed by atoms with E-state index < -0.39 is 18.2 Å². The van der Waals surface area contributed by atoms with Gasteiger partial charge >= 0.3 is 18.2 Å². The van der Waals surface area contributed by atoms with Gasteiger partial charge in [0.1, 0.15) is 11.9 Å². The third kappa shape index (κ3) is 5.42. The number of aliphatic carboxylic acids is 1. The Morgan fingerprint density at radius 3 is 2.31 bits per heavy atom. The number of benzene rings is 1. The first-order valence-electron chi connectivity index (χ1n) is 9.14. The van der Waals surface area contributed by atoms with Gasteiger partial charge in [0.05, 0.1) is 13.1 Å². The molecule has 2 heterocycles. The maximum atomic E-state index is 12.3. The van der Waals surface area contributed by atoms with Crippen LogP contribution in [0.15, 0.2) is 29.3 Å². The molecule has 0 bridgehead atoms. The van der Waals surface area contributed by atoms with E-state index in [0.29, 0.717) is 37.4 Å². The minimum absolute atomic E-state index is 0.0394. The van der Waals surface area contributed by atoms with E-state index in [1.165, 1.54) is 4.90 Å². The van der Waals surface area contributed by atoms with Gasteiger partial charge in [0, 0.05) is 44.0 Å². The molecule has 0 aromatic heterocycles. The van der Waals surface area contributed by atoms with Crippen LogP contribution in [-0.4, -0.2) is 95.9 Å². The number of rotatable bonds is 6. The number of cyclic esters (lactones) is 1. The lowest BCUT2D eigenvalue weighted by molar-refractivity contribution is -0.138. The number of piperazine rings is 1. The van der Waals surface area contributed by atoms with Crippen molar-refractivity contribution in [3.63, 3.8) is 0 Å². The van der Waals surface area contributed by atoms with E-state index in [1.54, 1.807) is 24.3 Å². The predicted octanol–water partition coefficient (Wildman–Crippen LogP) is 0.0973. The molecule has 2 aliphatic heterocycles. The number of carboxylic acid groups (broad SMARTS) is 2. The van der Waals surface area contributed by atoms with Crippen molar-refractivity contribution in [2.45, 2.75) is 6.10 Å². The van der Waals surface area contributed by atoms with Gasteiger partial charge in [-0.05, 0) is 24.3 Å². The van der Waals surface area contributed by atoms with E-state index in [4.69, 9.17) is 20.7 Å². The normalized spacial score (nSPS) is 21.2. The number of anilines is 1. The molecule has 0 aliphatic carbocycles. The van der Waals surface area contributed by atoms with Crippen molar-refractivity contribution < 1.29 is 29.3 Å². The van der Waals surface area contributed by atoms with E-state index in [9.17, 15) is 14.4 Å². The summed E-state index contributed by atoms with van der Waals surface area (Å²) in [7, 11) is 0. The number of carbonyl (C=O) groups is 3. The average Bonchev–Trinajstić information content (AvgIpc) is 3.02. The molecule has 0 unspecified atom stereocenters. The third-order valence-electron chi connectivity index (χ3n) is 4.85. The first-order valence-corrected chi connectivity index (χ1v) is 9.14. The van der Waals surface area contributed by atoms with Crippen LogP contribution in [0.1, 0.15) is 5.56 Å². The molecular weight excluding hydrogens is 382 g/mol. The van der Waals surface area contributed by atoms with Crippen molar-refractivity contribution in [2.24, 2.45) is 10.7 Å². The number of aliphatic imine (C=N–C) groups is 1. The van der Waals surface area contributed by atoms with Crippen LogP contribution in [-0.2, 0) is 9.53 Å². The van der Waals surface area contributed by atoms with Crippen LogP contribution >= 0.6 is 0 Å². The molecule has 0 spiro atoms. The highest BCUT2D eigenvalue weighted by Gasteiger charge is 2.34. The van der Waals surface area contributed by atoms with Crippen molar-refractivity contribution in [2.75, 3.05) is 50.7 Å². The van der Waals surface area contributed by atoms with Crippen LogP contribution < -0.4 is 10.6 Å². The highest BCUT2D eigenvalue weighted by molar-refractivity contribution is 6.03. The summed E-state index contributed by atoms with van der Waals surface area (Å²) in [5.41, 5.74) is 6.68. The molecule has 0 radical (unpaired) electrons. The van der Waals surface area contributed by atoms with Gasteiger partial charge in [-0.2, -0.15) is 4.99 Å². The van der Waals surface area contributed by atoms with E-state index in [1.807, 2.05) is 4.90 Å². The second-order valence-corrected chi connectivity index (χ2v) is 6.91. The molecule has 156 valence electrons. The Kier molecular flexibility index (Phi) is 6.29. The summed E-state index contributed by atoms with van der Waals surface area (Å²) in [6.45, 7) is 3.79. The maximum absolute atomic E-state index is 12.3. The Labute approximate surface area is 167 Å². The second-order valence-electron chi connectivity index (χ2n) is 6.91. The van der Waals surface area contributed by atoms with Crippen LogP contribution in [0.2, 0.25) is 0 Å². The van der Waals surface area contributed by atoms with Crippen LogP contribution in [0.3, 0.4) is 0 Å². The molecule has 29 heavy (non-hydrogen) atoms. The van der Waals surface area contributed by atoms with E-state index in [-0.39, 0.29) is 18.5 Å². The average molecular weight is 405 g/mol. The fourth-order valence-corrected chi connectivity index (χ4v) is 3.42. The number of nitrogens with two attached hydrogens (primary N) is 1. The lowest BCUT2D eigenvalue weighted by atomic mass is 10.1. The summed E-state index contributed by atoms with van der Waals surface area (Å²) in [4.78, 5) is 42.4. The highest BCUT2D eigenvalue weighted by atomic mass is 16.6. The Morgan fingerprint density at radius 2 is 1.72 bits per heavy atom. The summed E-state index contributed by atoms with van der Waals surface area (Å²) in [5, 5.41) is 17.5. The lowest BCUT2D eigenvalue weighted by Crippen LogP contribution is -2.50. The lowest BCUT2D eigenvalue weighted by Gasteiger charge is -2.34. The Hall–Kier alpha value is -3.18. The monoisotopic (exact) mass is 405 g/mol. The number of nitrogens with zero attached hydrogens (tertiary/aromatic N) is 4.